The molecule has 0 spiro atoms. The Morgan fingerprint density at radius 2 is 1.14 bits per heavy atom. The normalized spacial score (nSPS) is 14.5. The first-order chi connectivity index (χ1) is 9.62. The minimum Gasteiger partial charge on any atom is -0.195 e. The number of halogens is 11. The molecule has 0 aliphatic rings. The first-order valence-corrected chi connectivity index (χ1v) is 5.64. The maximum absolute atomic E-state index is 13.3. The molecule has 1 rings (SSSR count). The Balaban J connectivity index is 3.61. The molecule has 0 radical (unpaired) electrons. The van der Waals surface area contributed by atoms with E-state index in [-0.39, 0.29) is 12.1 Å². The van der Waals surface area contributed by atoms with Gasteiger partial charge in [-0.2, -0.15) is 43.9 Å². The van der Waals surface area contributed by atoms with Crippen LogP contribution in [0.5, 0.6) is 0 Å². The predicted molar refractivity (Wildman–Crippen MR) is 56.2 cm³/mol. The lowest BCUT2D eigenvalue weighted by Gasteiger charge is -2.35. The van der Waals surface area contributed by atoms with Gasteiger partial charge in [-0.3, -0.25) is 0 Å². The molecule has 0 saturated heterocycles. The summed E-state index contributed by atoms with van der Waals surface area (Å²) in [5, 5.41) is -0.571. The molecule has 0 bridgehead atoms. The Morgan fingerprint density at radius 3 is 1.45 bits per heavy atom. The van der Waals surface area contributed by atoms with Gasteiger partial charge in [0.05, 0.1) is 0 Å². The van der Waals surface area contributed by atoms with Crippen LogP contribution in [0.2, 0.25) is 5.02 Å². The zero-order valence-corrected chi connectivity index (χ0v) is 10.8. The molecular weight excluding hydrogens is 358 g/mol. The van der Waals surface area contributed by atoms with Crippen LogP contribution in [-0.4, -0.2) is 24.2 Å². The second-order valence-electron chi connectivity index (χ2n) is 4.23. The molecule has 0 aromatic heterocycles. The summed E-state index contributed by atoms with van der Waals surface area (Å²) in [6.07, 6.45) is -13.2. The van der Waals surface area contributed by atoms with Crippen LogP contribution in [0.3, 0.4) is 0 Å². The molecule has 0 amide bonds. The summed E-state index contributed by atoms with van der Waals surface area (Å²) < 4.78 is 127. The molecule has 0 atom stereocenters. The Kier molecular flexibility index (Phi) is 4.69. The van der Waals surface area contributed by atoms with Gasteiger partial charge in [0.2, 0.25) is 0 Å². The zero-order valence-electron chi connectivity index (χ0n) is 10.0. The first kappa shape index (κ1) is 18.9. The van der Waals surface area contributed by atoms with Gasteiger partial charge in [-0.15, -0.1) is 0 Å². The van der Waals surface area contributed by atoms with E-state index < -0.39 is 40.7 Å². The van der Waals surface area contributed by atoms with E-state index in [0.717, 1.165) is 6.07 Å². The highest BCUT2D eigenvalue weighted by Gasteiger charge is 2.76. The number of hydrogen-bond donors (Lipinski definition) is 0. The average molecular weight is 363 g/mol. The van der Waals surface area contributed by atoms with Crippen molar-refractivity contribution < 1.29 is 43.9 Å². The molecule has 0 N–H and O–H groups in total. The lowest BCUT2D eigenvalue weighted by molar-refractivity contribution is -0.354. The monoisotopic (exact) mass is 362 g/mol. The standard InChI is InChI=1S/C11H5ClF10/c12-6-3-1-2-5(4-6)7(8(13,14)10(17,18)19)9(15,16)11(20,21)22/h1-4,7H. The van der Waals surface area contributed by atoms with E-state index in [0.29, 0.717) is 6.07 Å². The molecule has 126 valence electrons. The minimum absolute atomic E-state index is 0.200. The van der Waals surface area contributed by atoms with Crippen LogP contribution in [0.4, 0.5) is 43.9 Å². The van der Waals surface area contributed by atoms with Crippen LogP contribution >= 0.6 is 11.6 Å². The molecule has 0 nitrogen and oxygen atoms in total. The van der Waals surface area contributed by atoms with Crippen LogP contribution in [0.1, 0.15) is 11.5 Å². The summed E-state index contributed by atoms with van der Waals surface area (Å²) in [6, 6.07) is 2.09. The Labute approximate surface area is 121 Å². The Hall–Kier alpha value is -1.19. The topological polar surface area (TPSA) is 0 Å². The quantitative estimate of drug-likeness (QED) is 0.594. The Bertz CT molecular complexity index is 504. The molecule has 0 saturated carbocycles. The summed E-state index contributed by atoms with van der Waals surface area (Å²) in [5.41, 5.74) is -1.59. The van der Waals surface area contributed by atoms with Crippen LogP contribution in [-0.2, 0) is 0 Å². The lowest BCUT2D eigenvalue weighted by Crippen LogP contribution is -2.54. The van der Waals surface area contributed by atoms with Gasteiger partial charge in [-0.1, -0.05) is 23.7 Å². The van der Waals surface area contributed by atoms with E-state index >= 15 is 0 Å². The van der Waals surface area contributed by atoms with Crippen molar-refractivity contribution >= 4 is 11.6 Å². The van der Waals surface area contributed by atoms with E-state index in [9.17, 15) is 43.9 Å². The molecule has 1 aromatic rings. The van der Waals surface area contributed by atoms with Gasteiger partial charge in [0.25, 0.3) is 0 Å². The van der Waals surface area contributed by atoms with Crippen LogP contribution in [0, 0.1) is 0 Å². The second kappa shape index (κ2) is 5.47. The van der Waals surface area contributed by atoms with Gasteiger partial charge >= 0.3 is 24.2 Å². The van der Waals surface area contributed by atoms with Crippen molar-refractivity contribution in [1.29, 1.82) is 0 Å². The van der Waals surface area contributed by atoms with Gasteiger partial charge < -0.3 is 0 Å². The largest absolute Gasteiger partial charge is 0.454 e. The summed E-state index contributed by atoms with van der Waals surface area (Å²) in [5.74, 6) is -17.2. The maximum Gasteiger partial charge on any atom is 0.454 e. The smallest absolute Gasteiger partial charge is 0.195 e. The fraction of sp³-hybridized carbons (Fsp3) is 0.455. The molecule has 0 aliphatic heterocycles. The van der Waals surface area contributed by atoms with Crippen molar-refractivity contribution in [2.75, 3.05) is 0 Å². The molecule has 0 aliphatic carbocycles. The maximum atomic E-state index is 13.3. The third-order valence-corrected chi connectivity index (χ3v) is 2.90. The van der Waals surface area contributed by atoms with Crippen molar-refractivity contribution in [2.24, 2.45) is 0 Å². The molecule has 11 heteroatoms. The van der Waals surface area contributed by atoms with Gasteiger partial charge in [0.1, 0.15) is 5.92 Å². The molecule has 22 heavy (non-hydrogen) atoms. The third kappa shape index (κ3) is 3.26. The lowest BCUT2D eigenvalue weighted by atomic mass is 9.85. The molecule has 0 unspecified atom stereocenters. The van der Waals surface area contributed by atoms with Crippen LogP contribution < -0.4 is 0 Å². The summed E-state index contributed by atoms with van der Waals surface area (Å²) in [6.45, 7) is 0. The van der Waals surface area contributed by atoms with E-state index in [1.165, 1.54) is 0 Å². The van der Waals surface area contributed by atoms with E-state index in [4.69, 9.17) is 11.6 Å². The van der Waals surface area contributed by atoms with E-state index in [1.807, 2.05) is 0 Å². The van der Waals surface area contributed by atoms with Crippen molar-refractivity contribution in [3.63, 3.8) is 0 Å². The SMILES string of the molecule is FC(F)(F)C(F)(F)C(c1cccc(Cl)c1)C(F)(F)C(F)(F)F. The van der Waals surface area contributed by atoms with Crippen molar-refractivity contribution in [3.8, 4) is 0 Å². The zero-order chi connectivity index (χ0) is 17.6. The Morgan fingerprint density at radius 1 is 0.727 bits per heavy atom. The van der Waals surface area contributed by atoms with E-state index in [2.05, 4.69) is 0 Å². The number of hydrogen-bond acceptors (Lipinski definition) is 0. The molecule has 1 aromatic carbocycles. The van der Waals surface area contributed by atoms with Crippen molar-refractivity contribution in [3.05, 3.63) is 34.9 Å². The highest BCUT2D eigenvalue weighted by Crippen LogP contribution is 2.56. The molecular formula is C11H5ClF10. The second-order valence-corrected chi connectivity index (χ2v) is 4.67. The average Bonchev–Trinajstić information content (AvgIpc) is 2.24. The van der Waals surface area contributed by atoms with Gasteiger partial charge in [0.15, 0.2) is 0 Å². The summed E-state index contributed by atoms with van der Waals surface area (Å²) in [4.78, 5) is 0. The highest BCUT2D eigenvalue weighted by molar-refractivity contribution is 6.30. The van der Waals surface area contributed by atoms with Gasteiger partial charge in [-0.05, 0) is 17.7 Å². The summed E-state index contributed by atoms with van der Waals surface area (Å²) >= 11 is 5.27. The van der Waals surface area contributed by atoms with Crippen LogP contribution in [0.25, 0.3) is 0 Å². The fourth-order valence-corrected chi connectivity index (χ4v) is 1.86. The van der Waals surface area contributed by atoms with Crippen molar-refractivity contribution in [2.45, 2.75) is 30.1 Å². The highest BCUT2D eigenvalue weighted by atomic mass is 35.5. The van der Waals surface area contributed by atoms with Crippen LogP contribution in [0.15, 0.2) is 24.3 Å². The fourth-order valence-electron chi connectivity index (χ4n) is 1.66. The van der Waals surface area contributed by atoms with Gasteiger partial charge in [-0.25, -0.2) is 0 Å². The minimum atomic E-state index is -6.62. The first-order valence-electron chi connectivity index (χ1n) is 5.27. The predicted octanol–water partition coefficient (Wildman–Crippen LogP) is 5.82. The van der Waals surface area contributed by atoms with Gasteiger partial charge in [0, 0.05) is 5.02 Å². The summed E-state index contributed by atoms with van der Waals surface area (Å²) in [7, 11) is 0. The number of alkyl halides is 10. The van der Waals surface area contributed by atoms with E-state index in [1.54, 1.807) is 0 Å². The molecule has 0 fully saturated rings. The molecule has 0 heterocycles. The van der Waals surface area contributed by atoms with Crippen molar-refractivity contribution in [1.82, 2.24) is 0 Å². The number of benzene rings is 1. The third-order valence-electron chi connectivity index (χ3n) is 2.66. The number of rotatable bonds is 3.